The molecular formula is C18H26N2O7S. The summed E-state index contributed by atoms with van der Waals surface area (Å²) in [6, 6.07) is 4.18. The highest BCUT2D eigenvalue weighted by Gasteiger charge is 2.24. The average Bonchev–Trinajstić information content (AvgIpc) is 2.70. The van der Waals surface area contributed by atoms with Crippen LogP contribution in [0.2, 0.25) is 0 Å². The van der Waals surface area contributed by atoms with Crippen LogP contribution in [-0.2, 0) is 24.3 Å². The molecule has 1 N–H and O–H groups in total. The Morgan fingerprint density at radius 1 is 1.18 bits per heavy atom. The number of amides is 1. The minimum Gasteiger partial charge on any atom is -0.493 e. The van der Waals surface area contributed by atoms with Gasteiger partial charge in [0.15, 0.2) is 18.1 Å². The lowest BCUT2D eigenvalue weighted by Crippen LogP contribution is -2.44. The van der Waals surface area contributed by atoms with Crippen molar-refractivity contribution in [2.75, 3.05) is 33.9 Å². The van der Waals surface area contributed by atoms with Crippen molar-refractivity contribution < 1.29 is 32.2 Å². The van der Waals surface area contributed by atoms with Gasteiger partial charge in [-0.15, -0.1) is 0 Å². The molecule has 0 saturated carbocycles. The number of nitrogens with zero attached hydrogens (tertiary/aromatic N) is 1. The number of nitrogens with one attached hydrogen (secondary N) is 1. The summed E-state index contributed by atoms with van der Waals surface area (Å²) in [5.74, 6) is -0.481. The molecule has 1 amide bonds. The summed E-state index contributed by atoms with van der Waals surface area (Å²) in [6.07, 6.45) is 2.92. The van der Waals surface area contributed by atoms with Crippen molar-refractivity contribution >= 4 is 21.9 Å². The van der Waals surface area contributed by atoms with Gasteiger partial charge in [0.05, 0.1) is 19.1 Å². The molecule has 1 heterocycles. The van der Waals surface area contributed by atoms with Crippen molar-refractivity contribution in [2.24, 2.45) is 0 Å². The second kappa shape index (κ2) is 9.74. The van der Waals surface area contributed by atoms with Crippen molar-refractivity contribution in [3.05, 3.63) is 18.2 Å². The number of rotatable bonds is 8. The second-order valence-electron chi connectivity index (χ2n) is 6.43. The highest BCUT2D eigenvalue weighted by atomic mass is 32.2. The fourth-order valence-electron chi connectivity index (χ4n) is 2.97. The molecule has 1 aliphatic heterocycles. The van der Waals surface area contributed by atoms with Gasteiger partial charge < -0.3 is 19.1 Å². The van der Waals surface area contributed by atoms with E-state index < -0.39 is 29.1 Å². The first-order valence-electron chi connectivity index (χ1n) is 8.95. The lowest BCUT2D eigenvalue weighted by Gasteiger charge is -2.33. The quantitative estimate of drug-likeness (QED) is 0.630. The summed E-state index contributed by atoms with van der Waals surface area (Å²) in [5, 5.41) is 0. The standard InChI is InChI=1S/C18H26N2O7S/c1-13-6-4-5-9-20(13)17(21)12-27-18(22)11-19-28(23,24)14-7-8-15(25-2)16(10-14)26-3/h7-8,10,13,19H,4-6,9,11-12H2,1-3H3/t13-/m0/s1. The van der Waals surface area contributed by atoms with Gasteiger partial charge in [0, 0.05) is 18.7 Å². The Kier molecular flexibility index (Phi) is 7.64. The summed E-state index contributed by atoms with van der Waals surface area (Å²) >= 11 is 0. The van der Waals surface area contributed by atoms with Crippen LogP contribution in [0.1, 0.15) is 26.2 Å². The van der Waals surface area contributed by atoms with E-state index in [-0.39, 0.29) is 22.6 Å². The number of likely N-dealkylation sites (tertiary alicyclic amines) is 1. The molecule has 0 unspecified atom stereocenters. The minimum absolute atomic E-state index is 0.0869. The average molecular weight is 414 g/mol. The fraction of sp³-hybridized carbons (Fsp3) is 0.556. The van der Waals surface area contributed by atoms with E-state index >= 15 is 0 Å². The van der Waals surface area contributed by atoms with E-state index in [1.165, 1.54) is 32.4 Å². The first kappa shape index (κ1) is 22.0. The first-order chi connectivity index (χ1) is 13.3. The number of sulfonamides is 1. The normalized spacial score (nSPS) is 17.1. The van der Waals surface area contributed by atoms with Gasteiger partial charge in [-0.1, -0.05) is 0 Å². The Morgan fingerprint density at radius 3 is 2.54 bits per heavy atom. The maximum atomic E-state index is 12.3. The molecule has 1 saturated heterocycles. The number of esters is 1. The van der Waals surface area contributed by atoms with Crippen molar-refractivity contribution in [2.45, 2.75) is 37.1 Å². The molecule has 0 spiro atoms. The monoisotopic (exact) mass is 414 g/mol. The van der Waals surface area contributed by atoms with Crippen molar-refractivity contribution in [3.63, 3.8) is 0 Å². The number of piperidine rings is 1. The molecule has 1 fully saturated rings. The summed E-state index contributed by atoms with van der Waals surface area (Å²) < 4.78 is 41.9. The predicted octanol–water partition coefficient (Wildman–Crippen LogP) is 0.926. The summed E-state index contributed by atoms with van der Waals surface area (Å²) in [5.41, 5.74) is 0. The van der Waals surface area contributed by atoms with Gasteiger partial charge in [-0.05, 0) is 38.3 Å². The van der Waals surface area contributed by atoms with E-state index in [1.54, 1.807) is 4.90 Å². The number of ether oxygens (including phenoxy) is 3. The second-order valence-corrected chi connectivity index (χ2v) is 8.20. The molecule has 1 aliphatic rings. The van der Waals surface area contributed by atoms with Crippen LogP contribution in [0, 0.1) is 0 Å². The van der Waals surface area contributed by atoms with Gasteiger partial charge in [0.2, 0.25) is 10.0 Å². The van der Waals surface area contributed by atoms with Gasteiger partial charge >= 0.3 is 5.97 Å². The molecular weight excluding hydrogens is 388 g/mol. The summed E-state index contributed by atoms with van der Waals surface area (Å²) in [4.78, 5) is 25.6. The number of benzene rings is 1. The zero-order chi connectivity index (χ0) is 20.7. The van der Waals surface area contributed by atoms with Crippen molar-refractivity contribution in [1.29, 1.82) is 0 Å². The third-order valence-corrected chi connectivity index (χ3v) is 5.95. The van der Waals surface area contributed by atoms with Crippen LogP contribution >= 0.6 is 0 Å². The molecule has 2 rings (SSSR count). The summed E-state index contributed by atoms with van der Waals surface area (Å²) in [7, 11) is -1.14. The van der Waals surface area contributed by atoms with E-state index in [4.69, 9.17) is 14.2 Å². The molecule has 28 heavy (non-hydrogen) atoms. The van der Waals surface area contributed by atoms with E-state index in [9.17, 15) is 18.0 Å². The Hall–Kier alpha value is -2.33. The van der Waals surface area contributed by atoms with Crippen LogP contribution < -0.4 is 14.2 Å². The van der Waals surface area contributed by atoms with Crippen molar-refractivity contribution in [3.8, 4) is 11.5 Å². The molecule has 9 nitrogen and oxygen atoms in total. The van der Waals surface area contributed by atoms with E-state index in [2.05, 4.69) is 4.72 Å². The number of carbonyl (C=O) groups excluding carboxylic acids is 2. The van der Waals surface area contributed by atoms with Crippen LogP contribution in [0.3, 0.4) is 0 Å². The van der Waals surface area contributed by atoms with Gasteiger partial charge in [-0.3, -0.25) is 9.59 Å². The maximum absolute atomic E-state index is 12.3. The van der Waals surface area contributed by atoms with Gasteiger partial charge in [0.1, 0.15) is 6.54 Å². The maximum Gasteiger partial charge on any atom is 0.321 e. The number of carbonyl (C=O) groups is 2. The Bertz CT molecular complexity index is 810. The molecule has 1 aromatic rings. The fourth-order valence-corrected chi connectivity index (χ4v) is 3.95. The smallest absolute Gasteiger partial charge is 0.321 e. The minimum atomic E-state index is -3.96. The van der Waals surface area contributed by atoms with Crippen LogP contribution in [0.4, 0.5) is 0 Å². The van der Waals surface area contributed by atoms with Gasteiger partial charge in [0.25, 0.3) is 5.91 Å². The lowest BCUT2D eigenvalue weighted by atomic mass is 10.0. The van der Waals surface area contributed by atoms with E-state index in [1.807, 2.05) is 6.92 Å². The molecule has 0 aromatic heterocycles. The first-order valence-corrected chi connectivity index (χ1v) is 10.4. The van der Waals surface area contributed by atoms with E-state index in [0.717, 1.165) is 19.3 Å². The number of methoxy groups -OCH3 is 2. The highest BCUT2D eigenvalue weighted by molar-refractivity contribution is 7.89. The summed E-state index contributed by atoms with van der Waals surface area (Å²) in [6.45, 7) is 1.61. The topological polar surface area (TPSA) is 111 Å². The SMILES string of the molecule is COc1ccc(S(=O)(=O)NCC(=O)OCC(=O)N2CCCC[C@@H]2C)cc1OC. The molecule has 10 heteroatoms. The molecule has 0 aliphatic carbocycles. The Balaban J connectivity index is 1.88. The molecule has 0 bridgehead atoms. The number of hydrogen-bond donors (Lipinski definition) is 1. The van der Waals surface area contributed by atoms with Crippen LogP contribution in [0.25, 0.3) is 0 Å². The van der Waals surface area contributed by atoms with Gasteiger partial charge in [-0.2, -0.15) is 4.72 Å². The van der Waals surface area contributed by atoms with Crippen LogP contribution in [-0.4, -0.2) is 65.2 Å². The molecule has 1 aromatic carbocycles. The molecule has 156 valence electrons. The van der Waals surface area contributed by atoms with Crippen LogP contribution in [0.15, 0.2) is 23.1 Å². The lowest BCUT2D eigenvalue weighted by molar-refractivity contribution is -0.152. The van der Waals surface area contributed by atoms with Gasteiger partial charge in [-0.25, -0.2) is 8.42 Å². The Morgan fingerprint density at radius 2 is 1.89 bits per heavy atom. The zero-order valence-corrected chi connectivity index (χ0v) is 17.1. The highest BCUT2D eigenvalue weighted by Crippen LogP contribution is 2.29. The third-order valence-electron chi connectivity index (χ3n) is 4.55. The predicted molar refractivity (Wildman–Crippen MR) is 101 cm³/mol. The molecule has 1 atom stereocenters. The Labute approximate surface area is 165 Å². The van der Waals surface area contributed by atoms with Crippen LogP contribution in [0.5, 0.6) is 11.5 Å². The van der Waals surface area contributed by atoms with E-state index in [0.29, 0.717) is 12.3 Å². The zero-order valence-electron chi connectivity index (χ0n) is 16.3. The van der Waals surface area contributed by atoms with Crippen molar-refractivity contribution in [1.82, 2.24) is 9.62 Å². The number of hydrogen-bond acceptors (Lipinski definition) is 7. The largest absolute Gasteiger partial charge is 0.493 e. The third kappa shape index (κ3) is 5.59. The molecule has 0 radical (unpaired) electrons.